The van der Waals surface area contributed by atoms with E-state index in [0.29, 0.717) is 52.0 Å². The van der Waals surface area contributed by atoms with Crippen molar-refractivity contribution in [2.75, 3.05) is 45.9 Å². The van der Waals surface area contributed by atoms with E-state index in [1.807, 2.05) is 0 Å². The van der Waals surface area contributed by atoms with Gasteiger partial charge in [0.15, 0.2) is 11.6 Å². The third kappa shape index (κ3) is 7.21. The summed E-state index contributed by atoms with van der Waals surface area (Å²) in [5, 5.41) is 2.77. The number of ether oxygens (including phenoxy) is 1. The summed E-state index contributed by atoms with van der Waals surface area (Å²) >= 11 is 0. The fourth-order valence-electron chi connectivity index (χ4n) is 3.64. The first-order chi connectivity index (χ1) is 13.8. The maximum atomic E-state index is 13.8. The van der Waals surface area contributed by atoms with Crippen LogP contribution >= 0.6 is 24.8 Å². The van der Waals surface area contributed by atoms with Gasteiger partial charge in [-0.3, -0.25) is 14.5 Å². The Bertz CT molecular complexity index is 769. The predicted molar refractivity (Wildman–Crippen MR) is 113 cm³/mol. The van der Waals surface area contributed by atoms with Crippen molar-refractivity contribution in [3.8, 4) is 0 Å². The van der Waals surface area contributed by atoms with Crippen LogP contribution in [0.4, 0.5) is 13.2 Å². The van der Waals surface area contributed by atoms with Gasteiger partial charge in [-0.1, -0.05) is 0 Å². The van der Waals surface area contributed by atoms with Gasteiger partial charge in [0.25, 0.3) is 0 Å². The molecule has 2 amide bonds. The highest BCUT2D eigenvalue weighted by Crippen LogP contribution is 2.17. The molecule has 2 fully saturated rings. The molecule has 1 aromatic rings. The number of nitrogens with zero attached hydrogens (tertiary/aromatic N) is 2. The molecule has 0 spiro atoms. The van der Waals surface area contributed by atoms with Crippen LogP contribution in [0.5, 0.6) is 0 Å². The Balaban J connectivity index is 0.00000240. The summed E-state index contributed by atoms with van der Waals surface area (Å²) in [6, 6.07) is -0.214. The van der Waals surface area contributed by atoms with Crippen LogP contribution in [0.25, 0.3) is 0 Å². The number of nitrogens with two attached hydrogens (primary N) is 1. The molecule has 31 heavy (non-hydrogen) atoms. The summed E-state index contributed by atoms with van der Waals surface area (Å²) in [7, 11) is 0. The largest absolute Gasteiger partial charge is 0.379 e. The van der Waals surface area contributed by atoms with Crippen LogP contribution < -0.4 is 11.1 Å². The average Bonchev–Trinajstić information content (AvgIpc) is 2.68. The molecular formula is C19H27Cl2F3N4O3. The zero-order valence-electron chi connectivity index (χ0n) is 16.8. The van der Waals surface area contributed by atoms with Crippen molar-refractivity contribution in [3.05, 3.63) is 35.1 Å². The Hall–Kier alpha value is -1.59. The van der Waals surface area contributed by atoms with Gasteiger partial charge in [-0.15, -0.1) is 24.8 Å². The van der Waals surface area contributed by atoms with Crippen molar-refractivity contribution in [2.45, 2.75) is 24.9 Å². The quantitative estimate of drug-likeness (QED) is 0.582. The molecule has 0 aromatic heterocycles. The first-order valence-corrected chi connectivity index (χ1v) is 9.61. The zero-order valence-corrected chi connectivity index (χ0v) is 18.5. The van der Waals surface area contributed by atoms with Gasteiger partial charge >= 0.3 is 0 Å². The van der Waals surface area contributed by atoms with Gasteiger partial charge in [-0.05, 0) is 18.1 Å². The van der Waals surface area contributed by atoms with E-state index in [1.165, 1.54) is 4.90 Å². The molecule has 7 nitrogen and oxygen atoms in total. The van der Waals surface area contributed by atoms with Crippen molar-refractivity contribution < 1.29 is 27.5 Å². The molecule has 0 bridgehead atoms. The highest BCUT2D eigenvalue weighted by Gasteiger charge is 2.35. The number of piperazine rings is 1. The Morgan fingerprint density at radius 3 is 2.45 bits per heavy atom. The number of carbonyl (C=O) groups is 2. The van der Waals surface area contributed by atoms with Gasteiger partial charge in [-0.2, -0.15) is 0 Å². The van der Waals surface area contributed by atoms with E-state index in [1.54, 1.807) is 0 Å². The molecule has 2 atom stereocenters. The maximum absolute atomic E-state index is 13.8. The topological polar surface area (TPSA) is 87.9 Å². The lowest BCUT2D eigenvalue weighted by Gasteiger charge is -2.39. The molecule has 2 heterocycles. The number of hydrogen-bond donors (Lipinski definition) is 2. The maximum Gasteiger partial charge on any atom is 0.244 e. The smallest absolute Gasteiger partial charge is 0.244 e. The van der Waals surface area contributed by atoms with E-state index in [0.717, 1.165) is 6.07 Å². The third-order valence-corrected chi connectivity index (χ3v) is 5.19. The Kier molecular flexibility index (Phi) is 11.0. The number of benzene rings is 1. The number of amides is 2. The van der Waals surface area contributed by atoms with E-state index in [9.17, 15) is 22.8 Å². The summed E-state index contributed by atoms with van der Waals surface area (Å²) in [6.45, 7) is 3.61. The van der Waals surface area contributed by atoms with Crippen LogP contribution in [-0.2, 0) is 20.7 Å². The summed E-state index contributed by atoms with van der Waals surface area (Å²) in [4.78, 5) is 28.7. The molecular weight excluding hydrogens is 460 g/mol. The molecule has 176 valence electrons. The predicted octanol–water partition coefficient (Wildman–Crippen LogP) is 0.867. The second-order valence-electron chi connectivity index (χ2n) is 7.33. The minimum Gasteiger partial charge on any atom is -0.379 e. The summed E-state index contributed by atoms with van der Waals surface area (Å²) in [6.07, 6.45) is -0.256. The zero-order chi connectivity index (χ0) is 21.0. The molecule has 12 heteroatoms. The van der Waals surface area contributed by atoms with Crippen LogP contribution in [0.15, 0.2) is 12.1 Å². The van der Waals surface area contributed by atoms with Crippen LogP contribution in [0, 0.1) is 17.5 Å². The fourth-order valence-corrected chi connectivity index (χ4v) is 3.64. The second-order valence-corrected chi connectivity index (χ2v) is 7.33. The number of halogens is 5. The highest BCUT2D eigenvalue weighted by molar-refractivity contribution is 5.89. The molecule has 1 aromatic carbocycles. The summed E-state index contributed by atoms with van der Waals surface area (Å²) in [5.41, 5.74) is 5.88. The standard InChI is InChI=1S/C19H25F3N4O3.2ClH/c20-14-10-16(22)15(21)8-12(14)7-13(23)9-18(27)26-2-1-24-19(28)17(26)11-25-3-5-29-6-4-25;;/h8,10,13,17H,1-7,9,11,23H2,(H,24,28);2*1H. The number of nitrogens with one attached hydrogen (secondary N) is 1. The van der Waals surface area contributed by atoms with Crippen LogP contribution in [-0.4, -0.2) is 79.6 Å². The Morgan fingerprint density at radius 2 is 1.77 bits per heavy atom. The lowest BCUT2D eigenvalue weighted by Crippen LogP contribution is -2.61. The van der Waals surface area contributed by atoms with E-state index >= 15 is 0 Å². The average molecular weight is 487 g/mol. The fraction of sp³-hybridized carbons (Fsp3) is 0.579. The minimum absolute atomic E-state index is 0. The molecule has 3 N–H and O–H groups in total. The molecule has 2 saturated heterocycles. The number of carbonyl (C=O) groups excluding carboxylic acids is 2. The highest BCUT2D eigenvalue weighted by atomic mass is 35.5. The van der Waals surface area contributed by atoms with E-state index < -0.39 is 29.5 Å². The summed E-state index contributed by atoms with van der Waals surface area (Å²) in [5.74, 6) is -3.90. The van der Waals surface area contributed by atoms with Crippen molar-refractivity contribution in [3.63, 3.8) is 0 Å². The molecule has 0 saturated carbocycles. The first kappa shape index (κ1) is 27.4. The van der Waals surface area contributed by atoms with E-state index in [4.69, 9.17) is 10.5 Å². The van der Waals surface area contributed by atoms with Crippen molar-refractivity contribution >= 4 is 36.6 Å². The van der Waals surface area contributed by atoms with E-state index in [2.05, 4.69) is 10.2 Å². The molecule has 2 aliphatic rings. The lowest BCUT2D eigenvalue weighted by atomic mass is 10.0. The van der Waals surface area contributed by atoms with Crippen molar-refractivity contribution in [1.29, 1.82) is 0 Å². The first-order valence-electron chi connectivity index (χ1n) is 9.61. The van der Waals surface area contributed by atoms with Crippen LogP contribution in [0.1, 0.15) is 12.0 Å². The van der Waals surface area contributed by atoms with E-state index in [-0.39, 0.29) is 55.0 Å². The lowest BCUT2D eigenvalue weighted by molar-refractivity contribution is -0.144. The number of morpholine rings is 1. The van der Waals surface area contributed by atoms with Gasteiger partial charge in [0.1, 0.15) is 11.9 Å². The van der Waals surface area contributed by atoms with Gasteiger partial charge in [0.05, 0.1) is 13.2 Å². The second kappa shape index (κ2) is 12.4. The monoisotopic (exact) mass is 486 g/mol. The van der Waals surface area contributed by atoms with Crippen molar-refractivity contribution in [2.24, 2.45) is 5.73 Å². The summed E-state index contributed by atoms with van der Waals surface area (Å²) < 4.78 is 45.6. The van der Waals surface area contributed by atoms with Gasteiger partial charge < -0.3 is 20.7 Å². The van der Waals surface area contributed by atoms with Gasteiger partial charge in [0.2, 0.25) is 11.8 Å². The molecule has 3 rings (SSSR count). The van der Waals surface area contributed by atoms with Crippen LogP contribution in [0.3, 0.4) is 0 Å². The Labute approximate surface area is 191 Å². The molecule has 2 aliphatic heterocycles. The third-order valence-electron chi connectivity index (χ3n) is 5.19. The SMILES string of the molecule is Cl.Cl.NC(CC(=O)N1CCNC(=O)C1CN1CCOCC1)Cc1cc(F)c(F)cc1F. The molecule has 0 aliphatic carbocycles. The normalized spacial score (nSPS) is 20.3. The molecule has 0 radical (unpaired) electrons. The number of hydrogen-bond acceptors (Lipinski definition) is 5. The van der Waals surface area contributed by atoms with Crippen LogP contribution in [0.2, 0.25) is 0 Å². The van der Waals surface area contributed by atoms with Gasteiger partial charge in [0, 0.05) is 51.3 Å². The number of rotatable bonds is 6. The Morgan fingerprint density at radius 1 is 1.13 bits per heavy atom. The van der Waals surface area contributed by atoms with Gasteiger partial charge in [-0.25, -0.2) is 13.2 Å². The molecule has 2 unspecified atom stereocenters. The minimum atomic E-state index is -1.28. The van der Waals surface area contributed by atoms with Crippen molar-refractivity contribution in [1.82, 2.24) is 15.1 Å².